The Morgan fingerprint density at radius 2 is 2.00 bits per heavy atom. The maximum Gasteiger partial charge on any atom is 0.262 e. The summed E-state index contributed by atoms with van der Waals surface area (Å²) in [5.74, 6) is -0.0849. The van der Waals surface area contributed by atoms with Crippen molar-refractivity contribution in [3.05, 3.63) is 63.4 Å². The highest BCUT2D eigenvalue weighted by Gasteiger charge is 2.20. The number of rotatable bonds is 7. The summed E-state index contributed by atoms with van der Waals surface area (Å²) in [4.78, 5) is 32.6. The van der Waals surface area contributed by atoms with Crippen molar-refractivity contribution in [2.75, 3.05) is 6.61 Å². The van der Waals surface area contributed by atoms with Crippen LogP contribution in [-0.2, 0) is 4.79 Å². The van der Waals surface area contributed by atoms with Crippen molar-refractivity contribution in [3.8, 4) is 5.75 Å². The lowest BCUT2D eigenvalue weighted by atomic mass is 10.1. The molecule has 140 valence electrons. The van der Waals surface area contributed by atoms with Gasteiger partial charge in [-0.2, -0.15) is 0 Å². The van der Waals surface area contributed by atoms with E-state index in [2.05, 4.69) is 9.97 Å². The van der Waals surface area contributed by atoms with Crippen LogP contribution in [-0.4, -0.2) is 27.0 Å². The zero-order valence-electron chi connectivity index (χ0n) is 14.1. The van der Waals surface area contributed by atoms with Crippen LogP contribution in [0.5, 0.6) is 5.75 Å². The van der Waals surface area contributed by atoms with Crippen LogP contribution in [0.2, 0.25) is 10.0 Å². The summed E-state index contributed by atoms with van der Waals surface area (Å²) >= 11 is 11.9. The predicted molar refractivity (Wildman–Crippen MR) is 103 cm³/mol. The maximum atomic E-state index is 12.6. The summed E-state index contributed by atoms with van der Waals surface area (Å²) in [6.45, 7) is 0.306. The molecule has 0 fully saturated rings. The molecule has 3 rings (SSSR count). The number of aromatic nitrogens is 3. The maximum absolute atomic E-state index is 12.6. The Labute approximate surface area is 164 Å². The van der Waals surface area contributed by atoms with Crippen molar-refractivity contribution < 1.29 is 9.53 Å². The first-order chi connectivity index (χ1) is 13.0. The van der Waals surface area contributed by atoms with E-state index >= 15 is 0 Å². The van der Waals surface area contributed by atoms with Gasteiger partial charge in [-0.05, 0) is 37.1 Å². The molecule has 2 heterocycles. The van der Waals surface area contributed by atoms with Gasteiger partial charge in [-0.1, -0.05) is 23.2 Å². The fourth-order valence-electron chi connectivity index (χ4n) is 2.70. The highest BCUT2D eigenvalue weighted by Crippen LogP contribution is 2.24. The number of nitrogens with zero attached hydrogens (tertiary/aromatic N) is 3. The Balaban J connectivity index is 1.70. The molecule has 1 amide bonds. The average Bonchev–Trinajstić information content (AvgIpc) is 2.62. The van der Waals surface area contributed by atoms with Crippen LogP contribution in [0.15, 0.2) is 47.8 Å². The minimum Gasteiger partial charge on any atom is -0.493 e. The molecule has 1 atom stereocenters. The van der Waals surface area contributed by atoms with Gasteiger partial charge in [0.15, 0.2) is 0 Å². The Morgan fingerprint density at radius 3 is 2.70 bits per heavy atom. The van der Waals surface area contributed by atoms with Gasteiger partial charge < -0.3 is 10.5 Å². The Hall–Kier alpha value is -2.64. The smallest absolute Gasteiger partial charge is 0.262 e. The number of hydrogen-bond acceptors (Lipinski definition) is 5. The van der Waals surface area contributed by atoms with Gasteiger partial charge in [0, 0.05) is 16.2 Å². The highest BCUT2D eigenvalue weighted by molar-refractivity contribution is 6.34. The third-order valence-corrected chi connectivity index (χ3v) is 4.41. The molecule has 0 radical (unpaired) electrons. The van der Waals surface area contributed by atoms with Gasteiger partial charge in [-0.15, -0.1) is 0 Å². The monoisotopic (exact) mass is 406 g/mol. The molecule has 0 aliphatic heterocycles. The zero-order valence-corrected chi connectivity index (χ0v) is 15.7. The minimum atomic E-state index is -0.825. The highest BCUT2D eigenvalue weighted by atomic mass is 35.5. The molecular weight excluding hydrogens is 391 g/mol. The molecule has 0 saturated carbocycles. The lowest BCUT2D eigenvalue weighted by Gasteiger charge is -2.17. The molecule has 0 bridgehead atoms. The number of carbonyl (C=O) groups excluding carboxylic acids is 1. The van der Waals surface area contributed by atoms with E-state index in [0.717, 1.165) is 0 Å². The third-order valence-electron chi connectivity index (χ3n) is 3.98. The van der Waals surface area contributed by atoms with E-state index in [0.29, 0.717) is 46.1 Å². The standard InChI is InChI=1S/C18H16Cl2N4O3/c19-11-6-12(20)8-13(7-11)27-5-1-2-16(17(21)25)24-10-23-15-9-22-4-3-14(15)18(24)26/h3-4,6-10,16H,1-2,5H2,(H2,21,25). The van der Waals surface area contributed by atoms with Crippen LogP contribution in [0, 0.1) is 0 Å². The van der Waals surface area contributed by atoms with E-state index in [9.17, 15) is 9.59 Å². The normalized spacial score (nSPS) is 12.1. The number of fused-ring (bicyclic) bond motifs is 1. The lowest BCUT2D eigenvalue weighted by Crippen LogP contribution is -2.34. The zero-order chi connectivity index (χ0) is 19.4. The van der Waals surface area contributed by atoms with Gasteiger partial charge >= 0.3 is 0 Å². The number of carbonyl (C=O) groups is 1. The Morgan fingerprint density at radius 1 is 1.26 bits per heavy atom. The quantitative estimate of drug-likeness (QED) is 0.607. The first kappa shape index (κ1) is 19.1. The summed E-state index contributed by atoms with van der Waals surface area (Å²) in [7, 11) is 0. The summed E-state index contributed by atoms with van der Waals surface area (Å²) in [6, 6.07) is 5.63. The van der Waals surface area contributed by atoms with Crippen molar-refractivity contribution in [1.82, 2.24) is 14.5 Å². The van der Waals surface area contributed by atoms with Crippen LogP contribution in [0.3, 0.4) is 0 Å². The van der Waals surface area contributed by atoms with Crippen molar-refractivity contribution in [1.29, 1.82) is 0 Å². The number of nitrogens with two attached hydrogens (primary N) is 1. The minimum absolute atomic E-state index is 0.306. The number of primary amides is 1. The predicted octanol–water partition coefficient (Wildman–Crippen LogP) is 2.98. The number of hydrogen-bond donors (Lipinski definition) is 1. The molecule has 3 aromatic rings. The summed E-state index contributed by atoms with van der Waals surface area (Å²) < 4.78 is 6.85. The van der Waals surface area contributed by atoms with Gasteiger partial charge in [-0.25, -0.2) is 4.98 Å². The number of halogens is 2. The molecule has 2 aromatic heterocycles. The lowest BCUT2D eigenvalue weighted by molar-refractivity contribution is -0.121. The van der Waals surface area contributed by atoms with Crippen LogP contribution < -0.4 is 16.0 Å². The molecular formula is C18H16Cl2N4O3. The molecule has 0 spiro atoms. The van der Waals surface area contributed by atoms with Gasteiger partial charge in [0.1, 0.15) is 11.8 Å². The van der Waals surface area contributed by atoms with E-state index in [1.54, 1.807) is 24.3 Å². The molecule has 0 aliphatic carbocycles. The second-order valence-corrected chi connectivity index (χ2v) is 6.74. The van der Waals surface area contributed by atoms with Crippen molar-refractivity contribution in [2.24, 2.45) is 5.73 Å². The first-order valence-electron chi connectivity index (χ1n) is 8.15. The third kappa shape index (κ3) is 4.56. The second-order valence-electron chi connectivity index (χ2n) is 5.86. The molecule has 0 aliphatic rings. The average molecular weight is 407 g/mol. The first-order valence-corrected chi connectivity index (χ1v) is 8.90. The SMILES string of the molecule is NC(=O)C(CCCOc1cc(Cl)cc(Cl)c1)n1cnc2cnccc2c1=O. The van der Waals surface area contributed by atoms with Gasteiger partial charge in [0.05, 0.1) is 30.0 Å². The van der Waals surface area contributed by atoms with E-state index in [4.69, 9.17) is 33.7 Å². The molecule has 7 nitrogen and oxygen atoms in total. The van der Waals surface area contributed by atoms with Crippen LogP contribution >= 0.6 is 23.2 Å². The number of amides is 1. The van der Waals surface area contributed by atoms with E-state index in [-0.39, 0.29) is 5.56 Å². The molecule has 2 N–H and O–H groups in total. The van der Waals surface area contributed by atoms with Crippen molar-refractivity contribution in [2.45, 2.75) is 18.9 Å². The fraction of sp³-hybridized carbons (Fsp3) is 0.222. The second kappa shape index (κ2) is 8.37. The van der Waals surface area contributed by atoms with E-state index in [1.165, 1.54) is 23.3 Å². The van der Waals surface area contributed by atoms with Crippen LogP contribution in [0.25, 0.3) is 10.9 Å². The van der Waals surface area contributed by atoms with E-state index < -0.39 is 11.9 Å². The molecule has 0 saturated heterocycles. The summed E-state index contributed by atoms with van der Waals surface area (Å²) in [5, 5.41) is 1.31. The molecule has 1 unspecified atom stereocenters. The van der Waals surface area contributed by atoms with Gasteiger partial charge in [-0.3, -0.25) is 19.1 Å². The number of pyridine rings is 1. The van der Waals surface area contributed by atoms with Crippen molar-refractivity contribution in [3.63, 3.8) is 0 Å². The summed E-state index contributed by atoms with van der Waals surface area (Å²) in [6.07, 6.45) is 5.11. The Bertz CT molecular complexity index is 1020. The number of benzene rings is 1. The molecule has 9 heteroatoms. The van der Waals surface area contributed by atoms with Crippen LogP contribution in [0.1, 0.15) is 18.9 Å². The topological polar surface area (TPSA) is 100 Å². The largest absolute Gasteiger partial charge is 0.493 e. The van der Waals surface area contributed by atoms with Gasteiger partial charge in [0.25, 0.3) is 5.56 Å². The molecule has 27 heavy (non-hydrogen) atoms. The number of ether oxygens (including phenoxy) is 1. The molecule has 1 aromatic carbocycles. The van der Waals surface area contributed by atoms with Gasteiger partial charge in [0.2, 0.25) is 5.91 Å². The Kier molecular flexibility index (Phi) is 5.93. The summed E-state index contributed by atoms with van der Waals surface area (Å²) in [5.41, 5.74) is 5.62. The van der Waals surface area contributed by atoms with E-state index in [1.807, 2.05) is 0 Å². The fourth-order valence-corrected chi connectivity index (χ4v) is 3.21. The van der Waals surface area contributed by atoms with Crippen molar-refractivity contribution >= 4 is 40.0 Å². The van der Waals surface area contributed by atoms with Crippen LogP contribution in [0.4, 0.5) is 0 Å².